The first-order valence-electron chi connectivity index (χ1n) is 6.23. The van der Waals surface area contributed by atoms with Gasteiger partial charge in [-0.25, -0.2) is 4.39 Å². The summed E-state index contributed by atoms with van der Waals surface area (Å²) in [7, 11) is 2.00. The minimum Gasteiger partial charge on any atom is -0.316 e. The molecule has 0 amide bonds. The molecule has 1 aliphatic carbocycles. The van der Waals surface area contributed by atoms with Gasteiger partial charge in [0.2, 0.25) is 0 Å². The van der Waals surface area contributed by atoms with Crippen LogP contribution in [0.15, 0.2) is 22.7 Å². The molecule has 0 heterocycles. The summed E-state index contributed by atoms with van der Waals surface area (Å²) in [4.78, 5) is 0. The molecule has 1 N–H and O–H groups in total. The monoisotopic (exact) mass is 299 g/mol. The predicted octanol–water partition coefficient (Wildman–Crippen LogP) is 3.76. The highest BCUT2D eigenvalue weighted by atomic mass is 79.9. The molecule has 0 aromatic heterocycles. The highest BCUT2D eigenvalue weighted by molar-refractivity contribution is 9.10. The minimum atomic E-state index is -0.170. The average molecular weight is 300 g/mol. The maximum absolute atomic E-state index is 13.4. The lowest BCUT2D eigenvalue weighted by Crippen LogP contribution is -2.35. The largest absolute Gasteiger partial charge is 0.316 e. The summed E-state index contributed by atoms with van der Waals surface area (Å²) in [5.74, 6) is 1.35. The molecule has 17 heavy (non-hydrogen) atoms. The van der Waals surface area contributed by atoms with Gasteiger partial charge in [-0.3, -0.25) is 0 Å². The van der Waals surface area contributed by atoms with Gasteiger partial charge in [0.15, 0.2) is 0 Å². The Balaban J connectivity index is 2.09. The van der Waals surface area contributed by atoms with Crippen LogP contribution >= 0.6 is 15.9 Å². The van der Waals surface area contributed by atoms with Crippen LogP contribution in [0.2, 0.25) is 0 Å². The maximum Gasteiger partial charge on any atom is 0.137 e. The zero-order valence-electron chi connectivity index (χ0n) is 10.3. The van der Waals surface area contributed by atoms with Crippen molar-refractivity contribution >= 4 is 15.9 Å². The van der Waals surface area contributed by atoms with Crippen LogP contribution in [-0.2, 0) is 6.42 Å². The van der Waals surface area contributed by atoms with Crippen LogP contribution in [0.3, 0.4) is 0 Å². The molecule has 0 spiro atoms. The quantitative estimate of drug-likeness (QED) is 0.873. The van der Waals surface area contributed by atoms with E-state index in [2.05, 4.69) is 28.2 Å². The van der Waals surface area contributed by atoms with Crippen molar-refractivity contribution < 1.29 is 4.39 Å². The summed E-state index contributed by atoms with van der Waals surface area (Å²) in [6, 6.07) is 5.70. The first-order valence-corrected chi connectivity index (χ1v) is 7.03. The van der Waals surface area contributed by atoms with E-state index in [1.807, 2.05) is 13.1 Å². The van der Waals surface area contributed by atoms with E-state index in [-0.39, 0.29) is 5.82 Å². The fraction of sp³-hybridized carbons (Fsp3) is 0.571. The molecule has 0 aliphatic heterocycles. The fourth-order valence-electron chi connectivity index (χ4n) is 2.44. The highest BCUT2D eigenvalue weighted by Crippen LogP contribution is 2.39. The number of hydrogen-bond acceptors (Lipinski definition) is 1. The van der Waals surface area contributed by atoms with Crippen molar-refractivity contribution in [2.24, 2.45) is 11.8 Å². The third kappa shape index (κ3) is 3.08. The molecule has 94 valence electrons. The molecule has 0 bridgehead atoms. The zero-order chi connectivity index (χ0) is 12.4. The van der Waals surface area contributed by atoms with Gasteiger partial charge in [0.1, 0.15) is 5.82 Å². The average Bonchev–Trinajstić information content (AvgIpc) is 3.14. The Bertz CT molecular complexity index is 390. The Labute approximate surface area is 111 Å². The van der Waals surface area contributed by atoms with Gasteiger partial charge in [-0.05, 0) is 65.7 Å². The van der Waals surface area contributed by atoms with Crippen molar-refractivity contribution in [1.82, 2.24) is 5.32 Å². The van der Waals surface area contributed by atoms with Crippen LogP contribution in [0.4, 0.5) is 4.39 Å². The maximum atomic E-state index is 13.4. The normalized spacial score (nSPS) is 19.1. The molecular formula is C14H19BrFN. The minimum absolute atomic E-state index is 0.170. The van der Waals surface area contributed by atoms with Crippen LogP contribution in [0.25, 0.3) is 0 Å². The standard InChI is InChI=1S/C14H19BrFN/c1-9(10-6-7-10)13(17-2)8-11-4-3-5-12(16)14(11)15/h3-5,9-10,13,17H,6-8H2,1-2H3. The Hall–Kier alpha value is -0.410. The van der Waals surface area contributed by atoms with E-state index >= 15 is 0 Å². The van der Waals surface area contributed by atoms with Gasteiger partial charge >= 0.3 is 0 Å². The molecule has 1 aromatic rings. The van der Waals surface area contributed by atoms with Crippen molar-refractivity contribution in [2.75, 3.05) is 7.05 Å². The summed E-state index contributed by atoms with van der Waals surface area (Å²) >= 11 is 3.34. The number of nitrogens with one attached hydrogen (secondary N) is 1. The van der Waals surface area contributed by atoms with Gasteiger partial charge < -0.3 is 5.32 Å². The second kappa shape index (κ2) is 5.49. The smallest absolute Gasteiger partial charge is 0.137 e. The van der Waals surface area contributed by atoms with E-state index in [1.54, 1.807) is 6.07 Å². The Morgan fingerprint density at radius 3 is 2.76 bits per heavy atom. The molecule has 0 saturated heterocycles. The summed E-state index contributed by atoms with van der Waals surface area (Å²) in [5, 5.41) is 3.38. The molecule has 0 radical (unpaired) electrons. The van der Waals surface area contributed by atoms with Crippen molar-refractivity contribution in [2.45, 2.75) is 32.2 Å². The van der Waals surface area contributed by atoms with E-state index in [0.717, 1.165) is 17.9 Å². The number of hydrogen-bond donors (Lipinski definition) is 1. The van der Waals surface area contributed by atoms with Crippen LogP contribution in [0, 0.1) is 17.7 Å². The molecule has 1 fully saturated rings. The zero-order valence-corrected chi connectivity index (χ0v) is 11.9. The third-order valence-electron chi connectivity index (χ3n) is 3.84. The Morgan fingerprint density at radius 2 is 2.18 bits per heavy atom. The van der Waals surface area contributed by atoms with Crippen LogP contribution in [0.5, 0.6) is 0 Å². The molecule has 3 heteroatoms. The summed E-state index contributed by atoms with van der Waals surface area (Å²) in [5.41, 5.74) is 1.05. The first-order chi connectivity index (χ1) is 8.13. The number of rotatable bonds is 5. The first kappa shape index (κ1) is 13.0. The van der Waals surface area contributed by atoms with Gasteiger partial charge in [-0.1, -0.05) is 19.1 Å². The molecule has 1 nitrogen and oxygen atoms in total. The molecule has 2 unspecified atom stereocenters. The predicted molar refractivity (Wildman–Crippen MR) is 72.5 cm³/mol. The van der Waals surface area contributed by atoms with Crippen LogP contribution in [-0.4, -0.2) is 13.1 Å². The van der Waals surface area contributed by atoms with E-state index in [1.165, 1.54) is 18.9 Å². The number of halogens is 2. The Kier molecular flexibility index (Phi) is 4.21. The molecule has 2 rings (SSSR count). The lowest BCUT2D eigenvalue weighted by molar-refractivity contribution is 0.357. The van der Waals surface area contributed by atoms with Gasteiger partial charge in [0.25, 0.3) is 0 Å². The molecular weight excluding hydrogens is 281 g/mol. The van der Waals surface area contributed by atoms with E-state index < -0.39 is 0 Å². The van der Waals surface area contributed by atoms with Crippen molar-refractivity contribution in [1.29, 1.82) is 0 Å². The molecule has 1 saturated carbocycles. The molecule has 1 aliphatic rings. The second-order valence-corrected chi connectivity index (χ2v) is 5.80. The fourth-order valence-corrected chi connectivity index (χ4v) is 2.87. The Morgan fingerprint density at radius 1 is 1.47 bits per heavy atom. The lowest BCUT2D eigenvalue weighted by Gasteiger charge is -2.24. The summed E-state index contributed by atoms with van der Waals surface area (Å²) in [6.45, 7) is 2.30. The van der Waals surface area contributed by atoms with Gasteiger partial charge in [-0.2, -0.15) is 0 Å². The van der Waals surface area contributed by atoms with E-state index in [0.29, 0.717) is 16.4 Å². The molecule has 1 aromatic carbocycles. The van der Waals surface area contributed by atoms with Crippen molar-refractivity contribution in [3.8, 4) is 0 Å². The lowest BCUT2D eigenvalue weighted by atomic mass is 9.91. The number of benzene rings is 1. The molecule has 2 atom stereocenters. The summed E-state index contributed by atoms with van der Waals surface area (Å²) in [6.07, 6.45) is 3.58. The third-order valence-corrected chi connectivity index (χ3v) is 4.73. The van der Waals surface area contributed by atoms with Gasteiger partial charge in [0, 0.05) is 6.04 Å². The van der Waals surface area contributed by atoms with Crippen LogP contribution < -0.4 is 5.32 Å². The van der Waals surface area contributed by atoms with Gasteiger partial charge in [0.05, 0.1) is 4.47 Å². The SMILES string of the molecule is CNC(Cc1cccc(F)c1Br)C(C)C1CC1. The van der Waals surface area contributed by atoms with E-state index in [9.17, 15) is 4.39 Å². The topological polar surface area (TPSA) is 12.0 Å². The number of likely N-dealkylation sites (N-methyl/N-ethyl adjacent to an activating group) is 1. The highest BCUT2D eigenvalue weighted by Gasteiger charge is 2.32. The van der Waals surface area contributed by atoms with Gasteiger partial charge in [-0.15, -0.1) is 0 Å². The van der Waals surface area contributed by atoms with Crippen LogP contribution in [0.1, 0.15) is 25.3 Å². The van der Waals surface area contributed by atoms with Crippen molar-refractivity contribution in [3.05, 3.63) is 34.1 Å². The van der Waals surface area contributed by atoms with Crippen molar-refractivity contribution in [3.63, 3.8) is 0 Å². The second-order valence-electron chi connectivity index (χ2n) is 5.01. The summed E-state index contributed by atoms with van der Waals surface area (Å²) < 4.78 is 14.1. The van der Waals surface area contributed by atoms with E-state index in [4.69, 9.17) is 0 Å².